The van der Waals surface area contributed by atoms with Crippen molar-refractivity contribution in [2.24, 2.45) is 0 Å². The highest BCUT2D eigenvalue weighted by atomic mass is 32.2. The predicted molar refractivity (Wildman–Crippen MR) is 72.5 cm³/mol. The zero-order chi connectivity index (χ0) is 16.3. The summed E-state index contributed by atoms with van der Waals surface area (Å²) in [7, 11) is 0. The molecule has 2 rings (SSSR count). The Balaban J connectivity index is 2.38. The van der Waals surface area contributed by atoms with Gasteiger partial charge in [-0.1, -0.05) is 42.1 Å². The molecule has 1 unspecified atom stereocenters. The van der Waals surface area contributed by atoms with Crippen LogP contribution in [-0.2, 0) is 11.0 Å². The van der Waals surface area contributed by atoms with Gasteiger partial charge in [0.05, 0.1) is 0 Å². The van der Waals surface area contributed by atoms with Crippen molar-refractivity contribution >= 4 is 17.7 Å². The second kappa shape index (κ2) is 6.22. The van der Waals surface area contributed by atoms with Crippen LogP contribution >= 0.6 is 11.8 Å². The summed E-state index contributed by atoms with van der Waals surface area (Å²) in [6.07, 6.45) is -4.78. The lowest BCUT2D eigenvalue weighted by atomic mass is 10.1. The Hall–Kier alpha value is -2.29. The first-order chi connectivity index (χ1) is 10.3. The lowest BCUT2D eigenvalue weighted by Gasteiger charge is -2.12. The molecule has 9 heteroatoms. The molecular formula is C13H9F3N2O3S. The van der Waals surface area contributed by atoms with E-state index in [4.69, 9.17) is 0 Å². The third kappa shape index (κ3) is 3.88. The standard InChI is InChI=1S/C13H9F3N2O3S/c14-13(15,16)8-6-9(19)18-12(17-8)22-10(11(20)21)7-4-2-1-3-5-7/h1-6,10H,(H,20,21)(H,17,18,19). The Kier molecular flexibility index (Phi) is 4.55. The van der Waals surface area contributed by atoms with Crippen LogP contribution in [0.1, 0.15) is 16.5 Å². The van der Waals surface area contributed by atoms with Crippen LogP contribution in [0.2, 0.25) is 0 Å². The number of aliphatic carboxylic acids is 1. The summed E-state index contributed by atoms with van der Waals surface area (Å²) in [5, 5.41) is 7.63. The van der Waals surface area contributed by atoms with Gasteiger partial charge in [-0.2, -0.15) is 13.2 Å². The Bertz CT molecular complexity index is 731. The van der Waals surface area contributed by atoms with Crippen molar-refractivity contribution < 1.29 is 23.1 Å². The third-order valence-corrected chi connectivity index (χ3v) is 3.69. The van der Waals surface area contributed by atoms with Gasteiger partial charge >= 0.3 is 12.1 Å². The van der Waals surface area contributed by atoms with E-state index in [1.165, 1.54) is 12.1 Å². The fourth-order valence-corrected chi connectivity index (χ4v) is 2.56. The highest BCUT2D eigenvalue weighted by Crippen LogP contribution is 2.34. The van der Waals surface area contributed by atoms with Crippen LogP contribution in [0.4, 0.5) is 13.2 Å². The second-order valence-electron chi connectivity index (χ2n) is 4.18. The number of thioether (sulfide) groups is 1. The monoisotopic (exact) mass is 330 g/mol. The summed E-state index contributed by atoms with van der Waals surface area (Å²) in [6.45, 7) is 0. The van der Waals surface area contributed by atoms with Gasteiger partial charge in [0.15, 0.2) is 10.9 Å². The molecule has 0 aliphatic carbocycles. The van der Waals surface area contributed by atoms with Crippen LogP contribution in [0.15, 0.2) is 46.3 Å². The molecule has 0 radical (unpaired) electrons. The molecule has 0 saturated carbocycles. The van der Waals surface area contributed by atoms with Gasteiger partial charge in [0, 0.05) is 6.07 Å². The number of aromatic nitrogens is 2. The Morgan fingerprint density at radius 1 is 1.27 bits per heavy atom. The van der Waals surface area contributed by atoms with Crippen molar-refractivity contribution in [1.29, 1.82) is 0 Å². The van der Waals surface area contributed by atoms with Crippen LogP contribution in [-0.4, -0.2) is 21.0 Å². The molecule has 2 aromatic rings. The van der Waals surface area contributed by atoms with Crippen molar-refractivity contribution in [2.75, 3.05) is 0 Å². The molecule has 0 amide bonds. The highest BCUT2D eigenvalue weighted by Gasteiger charge is 2.34. The first-order valence-corrected chi connectivity index (χ1v) is 6.78. The van der Waals surface area contributed by atoms with E-state index in [1.807, 2.05) is 0 Å². The van der Waals surface area contributed by atoms with Gasteiger partial charge < -0.3 is 10.1 Å². The smallest absolute Gasteiger partial charge is 0.433 e. The number of benzene rings is 1. The van der Waals surface area contributed by atoms with Crippen molar-refractivity contribution in [1.82, 2.24) is 9.97 Å². The largest absolute Gasteiger partial charge is 0.480 e. The van der Waals surface area contributed by atoms with E-state index in [0.29, 0.717) is 23.4 Å². The van der Waals surface area contributed by atoms with E-state index in [1.54, 1.807) is 18.2 Å². The Labute approximate surface area is 126 Å². The summed E-state index contributed by atoms with van der Waals surface area (Å²) >= 11 is 0.528. The minimum absolute atomic E-state index is 0.322. The molecule has 1 atom stereocenters. The van der Waals surface area contributed by atoms with Crippen LogP contribution in [0, 0.1) is 0 Å². The minimum Gasteiger partial charge on any atom is -0.480 e. The van der Waals surface area contributed by atoms with Crippen LogP contribution in [0.25, 0.3) is 0 Å². The van der Waals surface area contributed by atoms with Crippen molar-refractivity contribution in [3.63, 3.8) is 0 Å². The summed E-state index contributed by atoms with van der Waals surface area (Å²) in [4.78, 5) is 28.0. The van der Waals surface area contributed by atoms with E-state index >= 15 is 0 Å². The molecule has 0 aliphatic rings. The Morgan fingerprint density at radius 2 is 1.91 bits per heavy atom. The molecule has 0 saturated heterocycles. The highest BCUT2D eigenvalue weighted by molar-refractivity contribution is 8.00. The van der Waals surface area contributed by atoms with Crippen molar-refractivity contribution in [2.45, 2.75) is 16.6 Å². The Morgan fingerprint density at radius 3 is 2.45 bits per heavy atom. The SMILES string of the molecule is O=C(O)C(Sc1nc(C(F)(F)F)cc(=O)[nH]1)c1ccccc1. The lowest BCUT2D eigenvalue weighted by molar-refractivity contribution is -0.141. The molecule has 0 bridgehead atoms. The number of halogens is 3. The molecule has 1 aromatic heterocycles. The fraction of sp³-hybridized carbons (Fsp3) is 0.154. The molecule has 22 heavy (non-hydrogen) atoms. The number of aromatic amines is 1. The summed E-state index contributed by atoms with van der Waals surface area (Å²) in [6, 6.07) is 8.26. The molecule has 1 aromatic carbocycles. The van der Waals surface area contributed by atoms with Gasteiger partial charge in [-0.05, 0) is 5.56 Å². The average molecular weight is 330 g/mol. The van der Waals surface area contributed by atoms with E-state index in [2.05, 4.69) is 9.97 Å². The maximum Gasteiger partial charge on any atom is 0.433 e. The number of nitrogens with one attached hydrogen (secondary N) is 1. The maximum atomic E-state index is 12.6. The topological polar surface area (TPSA) is 83.0 Å². The second-order valence-corrected chi connectivity index (χ2v) is 5.27. The number of rotatable bonds is 4. The molecule has 1 heterocycles. The maximum absolute atomic E-state index is 12.6. The summed E-state index contributed by atoms with van der Waals surface area (Å²) < 4.78 is 37.9. The first kappa shape index (κ1) is 16.1. The van der Waals surface area contributed by atoms with Gasteiger partial charge in [-0.15, -0.1) is 0 Å². The normalized spacial score (nSPS) is 12.9. The number of hydrogen-bond donors (Lipinski definition) is 2. The molecule has 2 N–H and O–H groups in total. The summed E-state index contributed by atoms with van der Waals surface area (Å²) in [5.74, 6) is -1.25. The average Bonchev–Trinajstić information content (AvgIpc) is 2.44. The number of alkyl halides is 3. The van der Waals surface area contributed by atoms with Crippen molar-refractivity contribution in [3.8, 4) is 0 Å². The number of carbonyl (C=O) groups is 1. The number of nitrogens with zero attached hydrogens (tertiary/aromatic N) is 1. The quantitative estimate of drug-likeness (QED) is 0.665. The van der Waals surface area contributed by atoms with Gasteiger partial charge in [0.2, 0.25) is 0 Å². The molecule has 116 valence electrons. The fourth-order valence-electron chi connectivity index (χ4n) is 1.64. The number of carboxylic acid groups (broad SMARTS) is 1. The van der Waals surface area contributed by atoms with E-state index in [0.717, 1.165) is 0 Å². The van der Waals surface area contributed by atoms with E-state index in [9.17, 15) is 27.9 Å². The van der Waals surface area contributed by atoms with Crippen LogP contribution in [0.3, 0.4) is 0 Å². The van der Waals surface area contributed by atoms with E-state index in [-0.39, 0.29) is 0 Å². The molecular weight excluding hydrogens is 321 g/mol. The van der Waals surface area contributed by atoms with Gasteiger partial charge in [-0.25, -0.2) is 4.98 Å². The number of hydrogen-bond acceptors (Lipinski definition) is 4. The zero-order valence-electron chi connectivity index (χ0n) is 10.8. The van der Waals surface area contributed by atoms with E-state index < -0.39 is 33.8 Å². The zero-order valence-corrected chi connectivity index (χ0v) is 11.6. The molecule has 0 aliphatic heterocycles. The lowest BCUT2D eigenvalue weighted by Crippen LogP contribution is -2.18. The third-order valence-electron chi connectivity index (χ3n) is 2.57. The van der Waals surface area contributed by atoms with Crippen molar-refractivity contribution in [3.05, 3.63) is 58.0 Å². The molecule has 0 spiro atoms. The first-order valence-electron chi connectivity index (χ1n) is 5.90. The predicted octanol–water partition coefficient (Wildman–Crippen LogP) is 2.71. The molecule has 5 nitrogen and oxygen atoms in total. The van der Waals surface area contributed by atoms with Gasteiger partial charge in [0.1, 0.15) is 5.25 Å². The minimum atomic E-state index is -4.78. The van der Waals surface area contributed by atoms with Crippen LogP contribution < -0.4 is 5.56 Å². The number of carboxylic acids is 1. The number of H-pyrrole nitrogens is 1. The van der Waals surface area contributed by atoms with Crippen LogP contribution in [0.5, 0.6) is 0 Å². The van der Waals surface area contributed by atoms with Gasteiger partial charge in [-0.3, -0.25) is 9.59 Å². The van der Waals surface area contributed by atoms with Gasteiger partial charge in [0.25, 0.3) is 5.56 Å². The molecule has 0 fully saturated rings. The summed E-state index contributed by atoms with van der Waals surface area (Å²) in [5.41, 5.74) is -1.99.